The summed E-state index contributed by atoms with van der Waals surface area (Å²) in [5.74, 6) is -1.63. The molecule has 0 aliphatic rings. The molecule has 0 radical (unpaired) electrons. The van der Waals surface area contributed by atoms with Gasteiger partial charge in [0.05, 0.1) is 11.0 Å². The van der Waals surface area contributed by atoms with Crippen molar-refractivity contribution in [2.45, 2.75) is 45.7 Å². The topological polar surface area (TPSA) is 121 Å². The van der Waals surface area contributed by atoms with Crippen LogP contribution in [0.3, 0.4) is 0 Å². The average Bonchev–Trinajstić information content (AvgIpc) is 2.58. The molecule has 0 bridgehead atoms. The highest BCUT2D eigenvalue weighted by Crippen LogP contribution is 2.12. The molecular weight excluding hydrogens is 326 g/mol. The third-order valence-corrected chi connectivity index (χ3v) is 4.00. The van der Waals surface area contributed by atoms with Gasteiger partial charge in [-0.1, -0.05) is 19.8 Å². The summed E-state index contributed by atoms with van der Waals surface area (Å²) in [6, 6.07) is 3.54. The molecule has 3 N–H and O–H groups in total. The highest BCUT2D eigenvalue weighted by atomic mass is 16.4. The molecule has 1 atom stereocenters. The van der Waals surface area contributed by atoms with E-state index < -0.39 is 29.0 Å². The molecule has 2 rings (SSSR count). The molecule has 25 heavy (non-hydrogen) atoms. The van der Waals surface area contributed by atoms with Crippen LogP contribution < -0.4 is 16.4 Å². The molecule has 1 aromatic heterocycles. The Labute approximate surface area is 143 Å². The second-order valence-corrected chi connectivity index (χ2v) is 5.74. The minimum absolute atomic E-state index is 0.215. The molecule has 0 aliphatic carbocycles. The number of fused-ring (bicyclic) bond motifs is 1. The molecule has 1 heterocycles. The van der Waals surface area contributed by atoms with E-state index in [0.717, 1.165) is 6.42 Å². The van der Waals surface area contributed by atoms with Crippen LogP contribution in [0, 0.1) is 0 Å². The number of unbranched alkanes of at least 4 members (excludes halogenated alkanes) is 1. The van der Waals surface area contributed by atoms with Gasteiger partial charge in [0.15, 0.2) is 0 Å². The lowest BCUT2D eigenvalue weighted by atomic mass is 10.1. The van der Waals surface area contributed by atoms with Crippen LogP contribution in [-0.2, 0) is 11.3 Å². The van der Waals surface area contributed by atoms with E-state index in [1.165, 1.54) is 16.7 Å². The number of aromatic nitrogens is 2. The van der Waals surface area contributed by atoms with E-state index >= 15 is 0 Å². The number of hydrogen-bond donors (Lipinski definition) is 3. The first-order valence-corrected chi connectivity index (χ1v) is 8.19. The number of H-pyrrole nitrogens is 1. The van der Waals surface area contributed by atoms with Crippen molar-refractivity contribution in [3.63, 3.8) is 0 Å². The monoisotopic (exact) mass is 347 g/mol. The first-order chi connectivity index (χ1) is 11.9. The predicted molar refractivity (Wildman–Crippen MR) is 92.9 cm³/mol. The van der Waals surface area contributed by atoms with Crippen molar-refractivity contribution in [1.82, 2.24) is 14.9 Å². The normalized spacial score (nSPS) is 12.1. The van der Waals surface area contributed by atoms with E-state index in [2.05, 4.69) is 10.3 Å². The number of nitrogens with zero attached hydrogens (tertiary/aromatic N) is 1. The molecule has 0 saturated heterocycles. The van der Waals surface area contributed by atoms with E-state index in [0.29, 0.717) is 30.4 Å². The standard InChI is InChI=1S/C17H21N3O5/c1-3-5-6-11(17(24)25)18-14(21)10-7-8-13-12(9-10)19-15(22)16(23)20(13)4-2/h7-9,11H,3-6H2,1-2H3,(H,18,21)(H,19,22)(H,24,25)/t11-/m0/s1. The third kappa shape index (κ3) is 3.96. The SMILES string of the molecule is CCCC[C@H](NC(=O)c1ccc2c(c1)[nH]c(=O)c(=O)n2CC)C(=O)O. The van der Waals surface area contributed by atoms with E-state index in [9.17, 15) is 24.3 Å². The summed E-state index contributed by atoms with van der Waals surface area (Å²) in [5.41, 5.74) is -0.355. The first kappa shape index (κ1) is 18.4. The Bertz CT molecular complexity index is 913. The molecule has 8 heteroatoms. The van der Waals surface area contributed by atoms with Gasteiger partial charge >= 0.3 is 17.1 Å². The number of carboxylic acids is 1. The van der Waals surface area contributed by atoms with Crippen molar-refractivity contribution < 1.29 is 14.7 Å². The zero-order chi connectivity index (χ0) is 18.6. The minimum Gasteiger partial charge on any atom is -0.480 e. The van der Waals surface area contributed by atoms with Gasteiger partial charge in [0.25, 0.3) is 5.91 Å². The van der Waals surface area contributed by atoms with Crippen LogP contribution in [0.5, 0.6) is 0 Å². The van der Waals surface area contributed by atoms with Crippen LogP contribution in [0.4, 0.5) is 0 Å². The van der Waals surface area contributed by atoms with Crippen LogP contribution in [0.15, 0.2) is 27.8 Å². The average molecular weight is 347 g/mol. The van der Waals surface area contributed by atoms with Gasteiger partial charge in [-0.25, -0.2) is 4.79 Å². The lowest BCUT2D eigenvalue weighted by Gasteiger charge is -2.14. The predicted octanol–water partition coefficient (Wildman–Crippen LogP) is 1.08. The van der Waals surface area contributed by atoms with E-state index in [1.807, 2.05) is 6.92 Å². The third-order valence-electron chi connectivity index (χ3n) is 4.00. The smallest absolute Gasteiger partial charge is 0.326 e. The molecule has 134 valence electrons. The summed E-state index contributed by atoms with van der Waals surface area (Å²) >= 11 is 0. The Balaban J connectivity index is 2.36. The van der Waals surface area contributed by atoms with Crippen LogP contribution in [0.25, 0.3) is 11.0 Å². The Morgan fingerprint density at radius 2 is 2.00 bits per heavy atom. The number of aromatic amines is 1. The van der Waals surface area contributed by atoms with Gasteiger partial charge in [0, 0.05) is 12.1 Å². The van der Waals surface area contributed by atoms with E-state index in [-0.39, 0.29) is 5.56 Å². The van der Waals surface area contributed by atoms with Gasteiger partial charge in [-0.15, -0.1) is 0 Å². The number of rotatable bonds is 7. The van der Waals surface area contributed by atoms with Crippen molar-refractivity contribution >= 4 is 22.9 Å². The number of nitrogens with one attached hydrogen (secondary N) is 2. The molecule has 8 nitrogen and oxygen atoms in total. The number of carbonyl (C=O) groups excluding carboxylic acids is 1. The maximum absolute atomic E-state index is 12.3. The summed E-state index contributed by atoms with van der Waals surface area (Å²) in [7, 11) is 0. The molecule has 0 fully saturated rings. The summed E-state index contributed by atoms with van der Waals surface area (Å²) in [6.45, 7) is 4.00. The minimum atomic E-state index is -1.09. The fourth-order valence-corrected chi connectivity index (χ4v) is 2.64. The van der Waals surface area contributed by atoms with Crippen LogP contribution in [-0.4, -0.2) is 32.6 Å². The van der Waals surface area contributed by atoms with Gasteiger partial charge in [-0.2, -0.15) is 0 Å². The Morgan fingerprint density at radius 3 is 2.60 bits per heavy atom. The van der Waals surface area contributed by atoms with Crippen molar-refractivity contribution in [3.8, 4) is 0 Å². The van der Waals surface area contributed by atoms with Gasteiger partial charge in [-0.3, -0.25) is 14.4 Å². The summed E-state index contributed by atoms with van der Waals surface area (Å²) < 4.78 is 1.32. The number of aliphatic carboxylic acids is 1. The second-order valence-electron chi connectivity index (χ2n) is 5.74. The van der Waals surface area contributed by atoms with Crippen LogP contribution in [0.1, 0.15) is 43.5 Å². The molecule has 1 aromatic carbocycles. The fraction of sp³-hybridized carbons (Fsp3) is 0.412. The number of carbonyl (C=O) groups is 2. The molecular formula is C17H21N3O5. The Kier molecular flexibility index (Phi) is 5.74. The van der Waals surface area contributed by atoms with Crippen molar-refractivity contribution in [1.29, 1.82) is 0 Å². The Morgan fingerprint density at radius 1 is 1.28 bits per heavy atom. The number of hydrogen-bond acceptors (Lipinski definition) is 4. The Hall–Kier alpha value is -2.90. The summed E-state index contributed by atoms with van der Waals surface area (Å²) in [4.78, 5) is 49.6. The summed E-state index contributed by atoms with van der Waals surface area (Å²) in [5, 5.41) is 11.7. The molecule has 2 aromatic rings. The lowest BCUT2D eigenvalue weighted by molar-refractivity contribution is -0.139. The van der Waals surface area contributed by atoms with Crippen LogP contribution in [0.2, 0.25) is 0 Å². The van der Waals surface area contributed by atoms with Gasteiger partial charge < -0.3 is 20.0 Å². The highest BCUT2D eigenvalue weighted by molar-refractivity contribution is 5.99. The van der Waals surface area contributed by atoms with Crippen molar-refractivity contribution in [2.75, 3.05) is 0 Å². The first-order valence-electron chi connectivity index (χ1n) is 8.19. The lowest BCUT2D eigenvalue weighted by Crippen LogP contribution is -2.40. The van der Waals surface area contributed by atoms with Crippen LogP contribution >= 0.6 is 0 Å². The maximum atomic E-state index is 12.3. The zero-order valence-corrected chi connectivity index (χ0v) is 14.2. The molecule has 0 unspecified atom stereocenters. The second kappa shape index (κ2) is 7.78. The van der Waals surface area contributed by atoms with Gasteiger partial charge in [0.1, 0.15) is 6.04 Å². The van der Waals surface area contributed by atoms with Gasteiger partial charge in [-0.05, 0) is 31.5 Å². The number of carboxylic acid groups (broad SMARTS) is 1. The molecule has 0 spiro atoms. The van der Waals surface area contributed by atoms with E-state index in [4.69, 9.17) is 0 Å². The number of aryl methyl sites for hydroxylation is 1. The quantitative estimate of drug-likeness (QED) is 0.647. The number of benzene rings is 1. The van der Waals surface area contributed by atoms with Crippen molar-refractivity contribution in [2.24, 2.45) is 0 Å². The molecule has 0 saturated carbocycles. The molecule has 0 aliphatic heterocycles. The maximum Gasteiger partial charge on any atom is 0.326 e. The number of amides is 1. The largest absolute Gasteiger partial charge is 0.480 e. The zero-order valence-electron chi connectivity index (χ0n) is 14.2. The van der Waals surface area contributed by atoms with E-state index in [1.54, 1.807) is 13.0 Å². The summed E-state index contributed by atoms with van der Waals surface area (Å²) in [6.07, 6.45) is 1.85. The molecule has 1 amide bonds. The highest BCUT2D eigenvalue weighted by Gasteiger charge is 2.20. The van der Waals surface area contributed by atoms with Crippen molar-refractivity contribution in [3.05, 3.63) is 44.5 Å². The van der Waals surface area contributed by atoms with Gasteiger partial charge in [0.2, 0.25) is 0 Å². The fourth-order valence-electron chi connectivity index (χ4n) is 2.64.